The number of nitrogens with zero attached hydrogens (tertiary/aromatic N) is 2. The molecule has 1 N–H and O–H groups in total. The van der Waals surface area contributed by atoms with Gasteiger partial charge in [0.05, 0.1) is 10.6 Å². The average molecular weight is 405 g/mol. The van der Waals surface area contributed by atoms with E-state index in [-0.39, 0.29) is 29.6 Å². The van der Waals surface area contributed by atoms with Gasteiger partial charge in [-0.1, -0.05) is 29.8 Å². The molecule has 1 aliphatic rings. The summed E-state index contributed by atoms with van der Waals surface area (Å²) in [6.07, 6.45) is 0.0881. The molecule has 1 aliphatic heterocycles. The fraction of sp³-hybridized carbons (Fsp3) is 0.350. The number of benzene rings is 2. The number of carbonyl (C=O) groups is 1. The summed E-state index contributed by atoms with van der Waals surface area (Å²) in [7, 11) is -3.62. The van der Waals surface area contributed by atoms with Crippen LogP contribution in [0, 0.1) is 12.7 Å². The van der Waals surface area contributed by atoms with E-state index in [0.29, 0.717) is 31.9 Å². The number of hydrogen-bond donors (Lipinski definition) is 1. The zero-order chi connectivity index (χ0) is 20.1. The lowest BCUT2D eigenvalue weighted by atomic mass is 10.2. The van der Waals surface area contributed by atoms with Crippen LogP contribution in [0.5, 0.6) is 0 Å². The molecule has 0 radical (unpaired) electrons. The number of rotatable bonds is 6. The number of anilines is 1. The lowest BCUT2D eigenvalue weighted by molar-refractivity contribution is -0.131. The molecule has 3 rings (SSSR count). The third kappa shape index (κ3) is 4.88. The Morgan fingerprint density at radius 2 is 1.68 bits per heavy atom. The van der Waals surface area contributed by atoms with Crippen molar-refractivity contribution < 1.29 is 17.6 Å². The summed E-state index contributed by atoms with van der Waals surface area (Å²) in [6, 6.07) is 13.1. The van der Waals surface area contributed by atoms with Crippen LogP contribution in [0.3, 0.4) is 0 Å². The molecular weight excluding hydrogens is 381 g/mol. The predicted octanol–water partition coefficient (Wildman–Crippen LogP) is 2.15. The molecule has 1 amide bonds. The van der Waals surface area contributed by atoms with Crippen LogP contribution in [0.2, 0.25) is 0 Å². The number of nitrogens with one attached hydrogen (secondary N) is 1. The van der Waals surface area contributed by atoms with Gasteiger partial charge in [0.15, 0.2) is 0 Å². The van der Waals surface area contributed by atoms with Gasteiger partial charge in [-0.15, -0.1) is 0 Å². The zero-order valence-corrected chi connectivity index (χ0v) is 16.6. The molecule has 1 saturated heterocycles. The summed E-state index contributed by atoms with van der Waals surface area (Å²) in [4.78, 5) is 16.2. The number of para-hydroxylation sites is 1. The second kappa shape index (κ2) is 8.70. The standard InChI is InChI=1S/C20H24FN3O3S/c1-16-6-8-17(9-7-16)28(26,27)22-11-10-20(25)24-14-12-23(13-15-24)19-5-3-2-4-18(19)21/h2-9,22H,10-15H2,1H3. The highest BCUT2D eigenvalue weighted by atomic mass is 32.2. The molecule has 1 fully saturated rings. The average Bonchev–Trinajstić information content (AvgIpc) is 2.68. The fourth-order valence-electron chi connectivity index (χ4n) is 3.16. The van der Waals surface area contributed by atoms with Crippen molar-refractivity contribution in [1.29, 1.82) is 0 Å². The van der Waals surface area contributed by atoms with E-state index >= 15 is 0 Å². The quantitative estimate of drug-likeness (QED) is 0.800. The maximum Gasteiger partial charge on any atom is 0.240 e. The maximum atomic E-state index is 13.9. The first-order valence-electron chi connectivity index (χ1n) is 9.20. The molecular formula is C20H24FN3O3S. The van der Waals surface area contributed by atoms with E-state index in [0.717, 1.165) is 5.56 Å². The number of aryl methyl sites for hydroxylation is 1. The smallest absolute Gasteiger partial charge is 0.240 e. The minimum atomic E-state index is -3.62. The molecule has 0 bridgehead atoms. The van der Waals surface area contributed by atoms with E-state index in [4.69, 9.17) is 0 Å². The third-order valence-corrected chi connectivity index (χ3v) is 6.26. The minimum Gasteiger partial charge on any atom is -0.366 e. The van der Waals surface area contributed by atoms with Crippen LogP contribution in [0.1, 0.15) is 12.0 Å². The van der Waals surface area contributed by atoms with E-state index in [1.807, 2.05) is 11.8 Å². The number of halogens is 1. The van der Waals surface area contributed by atoms with Crippen LogP contribution in [-0.2, 0) is 14.8 Å². The second-order valence-electron chi connectivity index (χ2n) is 6.78. The van der Waals surface area contributed by atoms with Gasteiger partial charge in [-0.2, -0.15) is 0 Å². The summed E-state index contributed by atoms with van der Waals surface area (Å²) >= 11 is 0. The Morgan fingerprint density at radius 3 is 2.32 bits per heavy atom. The maximum absolute atomic E-state index is 13.9. The molecule has 8 heteroatoms. The minimum absolute atomic E-state index is 0.0442. The van der Waals surface area contributed by atoms with Crippen LogP contribution in [0.15, 0.2) is 53.4 Å². The summed E-state index contributed by atoms with van der Waals surface area (Å²) in [5.74, 6) is -0.382. The molecule has 2 aromatic carbocycles. The molecule has 0 unspecified atom stereocenters. The van der Waals surface area contributed by atoms with Crippen LogP contribution in [0.4, 0.5) is 10.1 Å². The molecule has 0 aromatic heterocycles. The van der Waals surface area contributed by atoms with Gasteiger partial charge in [-0.25, -0.2) is 17.5 Å². The third-order valence-electron chi connectivity index (χ3n) is 4.79. The van der Waals surface area contributed by atoms with E-state index in [1.165, 1.54) is 6.07 Å². The van der Waals surface area contributed by atoms with Gasteiger partial charge in [0, 0.05) is 39.1 Å². The molecule has 1 heterocycles. The van der Waals surface area contributed by atoms with Crippen molar-refractivity contribution in [1.82, 2.24) is 9.62 Å². The Bertz CT molecular complexity index is 924. The Labute approximate surface area is 165 Å². The van der Waals surface area contributed by atoms with Gasteiger partial charge in [-0.05, 0) is 31.2 Å². The van der Waals surface area contributed by atoms with E-state index in [2.05, 4.69) is 4.72 Å². The van der Waals surface area contributed by atoms with Crippen LogP contribution in [0.25, 0.3) is 0 Å². The summed E-state index contributed by atoms with van der Waals surface area (Å²) in [5.41, 5.74) is 1.52. The number of carbonyl (C=O) groups excluding carboxylic acids is 1. The van der Waals surface area contributed by atoms with E-state index < -0.39 is 10.0 Å². The van der Waals surface area contributed by atoms with Gasteiger partial charge in [-0.3, -0.25) is 4.79 Å². The second-order valence-corrected chi connectivity index (χ2v) is 8.55. The SMILES string of the molecule is Cc1ccc(S(=O)(=O)NCCC(=O)N2CCN(c3ccccc3F)CC2)cc1. The van der Waals surface area contributed by atoms with Gasteiger partial charge in [0.25, 0.3) is 0 Å². The highest BCUT2D eigenvalue weighted by Crippen LogP contribution is 2.20. The monoisotopic (exact) mass is 405 g/mol. The molecule has 150 valence electrons. The Morgan fingerprint density at radius 1 is 1.04 bits per heavy atom. The van der Waals surface area contributed by atoms with E-state index in [1.54, 1.807) is 47.4 Å². The number of piperazine rings is 1. The predicted molar refractivity (Wildman–Crippen MR) is 106 cm³/mol. The molecule has 0 aliphatic carbocycles. The van der Waals surface area contributed by atoms with Crippen molar-refractivity contribution in [3.8, 4) is 0 Å². The summed E-state index contributed by atoms with van der Waals surface area (Å²) in [5, 5.41) is 0. The molecule has 2 aromatic rings. The van der Waals surface area contributed by atoms with E-state index in [9.17, 15) is 17.6 Å². The lowest BCUT2D eigenvalue weighted by Gasteiger charge is -2.36. The zero-order valence-electron chi connectivity index (χ0n) is 15.8. The Kier molecular flexibility index (Phi) is 6.31. The molecule has 0 saturated carbocycles. The van der Waals surface area contributed by atoms with Gasteiger partial charge in [0.1, 0.15) is 5.82 Å². The Hall–Kier alpha value is -2.45. The van der Waals surface area contributed by atoms with Gasteiger partial charge < -0.3 is 9.80 Å². The molecule has 28 heavy (non-hydrogen) atoms. The van der Waals surface area contributed by atoms with Crippen LogP contribution < -0.4 is 9.62 Å². The first-order chi connectivity index (χ1) is 13.4. The number of hydrogen-bond acceptors (Lipinski definition) is 4. The number of sulfonamides is 1. The Balaban J connectivity index is 1.47. The van der Waals surface area contributed by atoms with Crippen molar-refractivity contribution in [2.75, 3.05) is 37.6 Å². The summed E-state index contributed by atoms with van der Waals surface area (Å²) < 4.78 is 40.9. The highest BCUT2D eigenvalue weighted by Gasteiger charge is 2.23. The van der Waals surface area contributed by atoms with Crippen molar-refractivity contribution in [3.63, 3.8) is 0 Å². The molecule has 0 atom stereocenters. The van der Waals surface area contributed by atoms with Crippen molar-refractivity contribution >= 4 is 21.6 Å². The normalized spacial score (nSPS) is 14.9. The lowest BCUT2D eigenvalue weighted by Crippen LogP contribution is -2.49. The van der Waals surface area contributed by atoms with Crippen LogP contribution in [-0.4, -0.2) is 51.9 Å². The van der Waals surface area contributed by atoms with Gasteiger partial charge in [0.2, 0.25) is 15.9 Å². The fourth-order valence-corrected chi connectivity index (χ4v) is 4.19. The van der Waals surface area contributed by atoms with Crippen molar-refractivity contribution in [2.24, 2.45) is 0 Å². The summed E-state index contributed by atoms with van der Waals surface area (Å²) in [6.45, 7) is 3.98. The topological polar surface area (TPSA) is 69.7 Å². The largest absolute Gasteiger partial charge is 0.366 e. The highest BCUT2D eigenvalue weighted by molar-refractivity contribution is 7.89. The van der Waals surface area contributed by atoms with Gasteiger partial charge >= 0.3 is 0 Å². The molecule has 6 nitrogen and oxygen atoms in total. The number of amides is 1. The molecule has 0 spiro atoms. The first kappa shape index (κ1) is 20.3. The van der Waals surface area contributed by atoms with Crippen molar-refractivity contribution in [2.45, 2.75) is 18.2 Å². The van der Waals surface area contributed by atoms with Crippen LogP contribution >= 0.6 is 0 Å². The first-order valence-corrected chi connectivity index (χ1v) is 10.7. The van der Waals surface area contributed by atoms with Crippen molar-refractivity contribution in [3.05, 3.63) is 59.9 Å².